The van der Waals surface area contributed by atoms with Crippen molar-refractivity contribution < 1.29 is 4.79 Å². The van der Waals surface area contributed by atoms with Gasteiger partial charge in [-0.3, -0.25) is 0 Å². The number of nitrogens with zero attached hydrogens (tertiary/aromatic N) is 2. The number of rotatable bonds is 6. The number of carbonyl (C=O) groups is 1. The minimum absolute atomic E-state index is 0.0226. The van der Waals surface area contributed by atoms with Crippen molar-refractivity contribution in [3.05, 3.63) is 0 Å². The van der Waals surface area contributed by atoms with Crippen molar-refractivity contribution >= 4 is 6.03 Å². The first-order chi connectivity index (χ1) is 10.4. The Morgan fingerprint density at radius 1 is 1.14 bits per heavy atom. The molecule has 0 saturated heterocycles. The molecule has 0 aromatic carbocycles. The molecule has 0 aromatic rings. The summed E-state index contributed by atoms with van der Waals surface area (Å²) in [6.45, 7) is 1.88. The van der Waals surface area contributed by atoms with Gasteiger partial charge in [-0.15, -0.1) is 0 Å². The van der Waals surface area contributed by atoms with Crippen molar-refractivity contribution in [2.45, 2.75) is 57.0 Å². The smallest absolute Gasteiger partial charge is 0.315 e. The summed E-state index contributed by atoms with van der Waals surface area (Å²) in [5.74, 6) is 0. The maximum atomic E-state index is 12.2. The van der Waals surface area contributed by atoms with E-state index in [1.165, 1.54) is 32.1 Å². The molecule has 128 valence electrons. The van der Waals surface area contributed by atoms with Crippen LogP contribution in [0.1, 0.15) is 44.9 Å². The predicted molar refractivity (Wildman–Crippen MR) is 91.1 cm³/mol. The van der Waals surface area contributed by atoms with Crippen molar-refractivity contribution in [1.82, 2.24) is 20.4 Å². The highest BCUT2D eigenvalue weighted by atomic mass is 16.2. The van der Waals surface area contributed by atoms with Crippen LogP contribution in [-0.4, -0.2) is 69.2 Å². The van der Waals surface area contributed by atoms with Crippen LogP contribution in [-0.2, 0) is 0 Å². The lowest BCUT2D eigenvalue weighted by molar-refractivity contribution is 0.188. The molecule has 0 spiro atoms. The third-order valence-electron chi connectivity index (χ3n) is 5.41. The highest BCUT2D eigenvalue weighted by molar-refractivity contribution is 5.74. The number of nitrogens with one attached hydrogen (secondary N) is 2. The number of amides is 2. The summed E-state index contributed by atoms with van der Waals surface area (Å²) in [5.41, 5.74) is 0.280. The monoisotopic (exact) mass is 310 g/mol. The molecular formula is C17H34N4O. The predicted octanol–water partition coefficient (Wildman–Crippen LogP) is 1.89. The standard InChI is InChI=1S/C17H34N4O/c1-20(2)13-17(9-5-6-10-17)12-18-16(22)19-14-7-8-15(11-14)21(3)4/h14-15H,5-13H2,1-4H3,(H2,18,19,22). The fourth-order valence-electron chi connectivity index (χ4n) is 4.25. The van der Waals surface area contributed by atoms with E-state index in [-0.39, 0.29) is 11.4 Å². The largest absolute Gasteiger partial charge is 0.338 e. The van der Waals surface area contributed by atoms with E-state index in [1.54, 1.807) is 0 Å². The van der Waals surface area contributed by atoms with E-state index in [0.29, 0.717) is 12.1 Å². The summed E-state index contributed by atoms with van der Waals surface area (Å²) >= 11 is 0. The van der Waals surface area contributed by atoms with E-state index in [9.17, 15) is 4.79 Å². The molecule has 5 heteroatoms. The van der Waals surface area contributed by atoms with Crippen LogP contribution < -0.4 is 10.6 Å². The van der Waals surface area contributed by atoms with Crippen LogP contribution in [0.3, 0.4) is 0 Å². The Bertz CT molecular complexity index is 364. The normalized spacial score (nSPS) is 27.5. The molecule has 0 radical (unpaired) electrons. The van der Waals surface area contributed by atoms with Gasteiger partial charge in [-0.1, -0.05) is 12.8 Å². The number of hydrogen-bond acceptors (Lipinski definition) is 3. The quantitative estimate of drug-likeness (QED) is 0.787. The van der Waals surface area contributed by atoms with Crippen molar-refractivity contribution in [2.24, 2.45) is 5.41 Å². The Morgan fingerprint density at radius 2 is 1.82 bits per heavy atom. The molecule has 2 aliphatic carbocycles. The second-order valence-corrected chi connectivity index (χ2v) is 7.90. The Labute approximate surface area is 135 Å². The second kappa shape index (κ2) is 7.64. The van der Waals surface area contributed by atoms with Crippen molar-refractivity contribution in [1.29, 1.82) is 0 Å². The zero-order valence-electron chi connectivity index (χ0n) is 14.8. The van der Waals surface area contributed by atoms with E-state index >= 15 is 0 Å². The molecule has 2 N–H and O–H groups in total. The highest BCUT2D eigenvalue weighted by Gasteiger charge is 2.35. The molecule has 2 fully saturated rings. The summed E-state index contributed by atoms with van der Waals surface area (Å²) in [6, 6.07) is 0.968. The fourth-order valence-corrected chi connectivity index (χ4v) is 4.25. The van der Waals surface area contributed by atoms with Gasteiger partial charge in [0, 0.05) is 30.6 Å². The van der Waals surface area contributed by atoms with Gasteiger partial charge in [0.2, 0.25) is 0 Å². The zero-order valence-corrected chi connectivity index (χ0v) is 14.8. The first-order valence-corrected chi connectivity index (χ1v) is 8.76. The molecule has 0 bridgehead atoms. The molecular weight excluding hydrogens is 276 g/mol. The fraction of sp³-hybridized carbons (Fsp3) is 0.941. The summed E-state index contributed by atoms with van der Waals surface area (Å²) < 4.78 is 0. The average Bonchev–Trinajstić information content (AvgIpc) is 3.06. The van der Waals surface area contributed by atoms with Gasteiger partial charge < -0.3 is 20.4 Å². The van der Waals surface area contributed by atoms with E-state index in [0.717, 1.165) is 25.9 Å². The summed E-state index contributed by atoms with van der Waals surface area (Å²) in [5, 5.41) is 6.32. The molecule has 0 heterocycles. The van der Waals surface area contributed by atoms with Gasteiger partial charge in [0.15, 0.2) is 0 Å². The topological polar surface area (TPSA) is 47.6 Å². The number of urea groups is 1. The maximum absolute atomic E-state index is 12.2. The van der Waals surface area contributed by atoms with Crippen LogP contribution >= 0.6 is 0 Å². The molecule has 2 atom stereocenters. The van der Waals surface area contributed by atoms with Crippen LogP contribution in [0.15, 0.2) is 0 Å². The van der Waals surface area contributed by atoms with Gasteiger partial charge in [-0.25, -0.2) is 4.79 Å². The van der Waals surface area contributed by atoms with Crippen LogP contribution in [0.4, 0.5) is 4.79 Å². The summed E-state index contributed by atoms with van der Waals surface area (Å²) in [4.78, 5) is 16.7. The van der Waals surface area contributed by atoms with E-state index in [1.807, 2.05) is 0 Å². The zero-order chi connectivity index (χ0) is 16.2. The summed E-state index contributed by atoms with van der Waals surface area (Å²) in [7, 11) is 8.50. The Morgan fingerprint density at radius 3 is 2.36 bits per heavy atom. The molecule has 2 rings (SSSR count). The van der Waals surface area contributed by atoms with Gasteiger partial charge in [-0.2, -0.15) is 0 Å². The molecule has 2 aliphatic rings. The lowest BCUT2D eigenvalue weighted by Gasteiger charge is -2.32. The summed E-state index contributed by atoms with van der Waals surface area (Å²) in [6.07, 6.45) is 8.41. The van der Waals surface area contributed by atoms with Crippen LogP contribution in [0.5, 0.6) is 0 Å². The van der Waals surface area contributed by atoms with Crippen LogP contribution in [0.2, 0.25) is 0 Å². The Hall–Kier alpha value is -0.810. The van der Waals surface area contributed by atoms with Crippen LogP contribution in [0, 0.1) is 5.41 Å². The van der Waals surface area contributed by atoms with Gasteiger partial charge in [0.05, 0.1) is 0 Å². The van der Waals surface area contributed by atoms with E-state index in [4.69, 9.17) is 0 Å². The van der Waals surface area contributed by atoms with Crippen molar-refractivity contribution in [3.8, 4) is 0 Å². The Balaban J connectivity index is 1.75. The van der Waals surface area contributed by atoms with Crippen molar-refractivity contribution in [2.75, 3.05) is 41.3 Å². The third kappa shape index (κ3) is 4.85. The van der Waals surface area contributed by atoms with Crippen LogP contribution in [0.25, 0.3) is 0 Å². The van der Waals surface area contributed by atoms with Gasteiger partial charge in [-0.05, 0) is 60.3 Å². The molecule has 2 amide bonds. The molecule has 0 aromatic heterocycles. The molecule has 0 aliphatic heterocycles. The third-order valence-corrected chi connectivity index (χ3v) is 5.41. The number of carbonyl (C=O) groups excluding carboxylic acids is 1. The molecule has 2 saturated carbocycles. The van der Waals surface area contributed by atoms with Crippen molar-refractivity contribution in [3.63, 3.8) is 0 Å². The second-order valence-electron chi connectivity index (χ2n) is 7.90. The highest BCUT2D eigenvalue weighted by Crippen LogP contribution is 2.37. The van der Waals surface area contributed by atoms with E-state index in [2.05, 4.69) is 48.6 Å². The molecule has 5 nitrogen and oxygen atoms in total. The minimum atomic E-state index is 0.0226. The van der Waals surface area contributed by atoms with Gasteiger partial charge >= 0.3 is 6.03 Å². The lowest BCUT2D eigenvalue weighted by Crippen LogP contribution is -2.47. The SMILES string of the molecule is CN(C)CC1(CNC(=O)NC2CCC(N(C)C)C2)CCCC1. The van der Waals surface area contributed by atoms with Gasteiger partial charge in [0.25, 0.3) is 0 Å². The molecule has 22 heavy (non-hydrogen) atoms. The maximum Gasteiger partial charge on any atom is 0.315 e. The number of hydrogen-bond donors (Lipinski definition) is 2. The first-order valence-electron chi connectivity index (χ1n) is 8.76. The Kier molecular flexibility index (Phi) is 6.09. The minimum Gasteiger partial charge on any atom is -0.338 e. The lowest BCUT2D eigenvalue weighted by atomic mass is 9.85. The van der Waals surface area contributed by atoms with Gasteiger partial charge in [0.1, 0.15) is 0 Å². The average molecular weight is 310 g/mol. The van der Waals surface area contributed by atoms with E-state index < -0.39 is 0 Å². The first kappa shape index (κ1) is 17.5. The molecule has 2 unspecified atom stereocenters.